The third kappa shape index (κ3) is 4.23. The molecule has 0 aliphatic carbocycles. The van der Waals surface area contributed by atoms with Crippen molar-refractivity contribution in [3.63, 3.8) is 0 Å². The van der Waals surface area contributed by atoms with E-state index in [0.717, 1.165) is 26.9 Å². The molecule has 2 aromatic heterocycles. The van der Waals surface area contributed by atoms with Crippen LogP contribution in [-0.4, -0.2) is 22.5 Å². The highest BCUT2D eigenvalue weighted by atomic mass is 79.9. The number of halogens is 3. The van der Waals surface area contributed by atoms with E-state index in [2.05, 4.69) is 20.9 Å². The topological polar surface area (TPSA) is 46.8 Å². The van der Waals surface area contributed by atoms with Crippen LogP contribution in [-0.2, 0) is 17.8 Å². The Bertz CT molecular complexity index is 1000. The van der Waals surface area contributed by atoms with Crippen LogP contribution < -0.4 is 4.90 Å². The minimum atomic E-state index is -0.486. The quantitative estimate of drug-likeness (QED) is 0.466. The first kappa shape index (κ1) is 20.0. The second-order valence-corrected chi connectivity index (χ2v) is 7.95. The number of amides is 1. The summed E-state index contributed by atoms with van der Waals surface area (Å²) in [6.07, 6.45) is 2.10. The standard InChI is InChI=1S/C19H18BrCl2N3O2/c1-4-16-18(25-9-13(20)5-11(2)17(25)23-16)24(3)19(26)27-10-12-6-14(21)8-15(22)7-12/h5-9H,4,10H2,1-3H3. The number of carbonyl (C=O) groups excluding carboxylic acids is 1. The highest BCUT2D eigenvalue weighted by Crippen LogP contribution is 2.27. The Kier molecular flexibility index (Phi) is 5.99. The fourth-order valence-electron chi connectivity index (χ4n) is 2.92. The number of carbonyl (C=O) groups is 1. The largest absolute Gasteiger partial charge is 0.444 e. The lowest BCUT2D eigenvalue weighted by molar-refractivity contribution is 0.148. The highest BCUT2D eigenvalue weighted by Gasteiger charge is 2.22. The summed E-state index contributed by atoms with van der Waals surface area (Å²) in [4.78, 5) is 18.8. The number of imidazole rings is 1. The molecule has 0 radical (unpaired) electrons. The summed E-state index contributed by atoms with van der Waals surface area (Å²) in [6, 6.07) is 7.05. The minimum absolute atomic E-state index is 0.0738. The maximum absolute atomic E-state index is 12.7. The smallest absolute Gasteiger partial charge is 0.415 e. The molecule has 1 aromatic carbocycles. The van der Waals surface area contributed by atoms with Crippen LogP contribution in [0.5, 0.6) is 0 Å². The molecule has 3 aromatic rings. The van der Waals surface area contributed by atoms with Crippen LogP contribution in [0.25, 0.3) is 5.65 Å². The molecule has 142 valence electrons. The predicted octanol–water partition coefficient (Wildman–Crippen LogP) is 6.05. The van der Waals surface area contributed by atoms with Crippen molar-refractivity contribution in [2.45, 2.75) is 26.9 Å². The van der Waals surface area contributed by atoms with Crippen molar-refractivity contribution in [1.29, 1.82) is 0 Å². The van der Waals surface area contributed by atoms with Gasteiger partial charge in [-0.05, 0) is 64.7 Å². The van der Waals surface area contributed by atoms with Gasteiger partial charge in [-0.15, -0.1) is 0 Å². The number of nitrogens with zero attached hydrogens (tertiary/aromatic N) is 3. The van der Waals surface area contributed by atoms with E-state index >= 15 is 0 Å². The van der Waals surface area contributed by atoms with Crippen molar-refractivity contribution < 1.29 is 9.53 Å². The van der Waals surface area contributed by atoms with E-state index in [1.54, 1.807) is 25.2 Å². The average Bonchev–Trinajstić information content (AvgIpc) is 2.97. The number of benzene rings is 1. The molecule has 3 rings (SSSR count). The molecule has 8 heteroatoms. The molecule has 0 spiro atoms. The normalized spacial score (nSPS) is 11.0. The molecule has 0 aliphatic rings. The molecule has 0 fully saturated rings. The molecule has 0 atom stereocenters. The Hall–Kier alpha value is -1.76. The van der Waals surface area contributed by atoms with Crippen LogP contribution >= 0.6 is 39.1 Å². The minimum Gasteiger partial charge on any atom is -0.444 e. The molecule has 27 heavy (non-hydrogen) atoms. The van der Waals surface area contributed by atoms with Crippen molar-refractivity contribution >= 4 is 56.7 Å². The Balaban J connectivity index is 1.88. The van der Waals surface area contributed by atoms with Crippen molar-refractivity contribution in [2.24, 2.45) is 0 Å². The van der Waals surface area contributed by atoms with E-state index in [9.17, 15) is 4.79 Å². The van der Waals surface area contributed by atoms with Crippen molar-refractivity contribution in [3.05, 3.63) is 61.8 Å². The molecule has 2 heterocycles. The number of aromatic nitrogens is 2. The zero-order valence-corrected chi connectivity index (χ0v) is 18.2. The first-order chi connectivity index (χ1) is 12.8. The number of fused-ring (bicyclic) bond motifs is 1. The lowest BCUT2D eigenvalue weighted by Gasteiger charge is -2.18. The molecule has 0 N–H and O–H groups in total. The summed E-state index contributed by atoms with van der Waals surface area (Å²) in [5.41, 5.74) is 3.37. The zero-order valence-electron chi connectivity index (χ0n) is 15.1. The van der Waals surface area contributed by atoms with Gasteiger partial charge in [0.05, 0.1) is 5.69 Å². The van der Waals surface area contributed by atoms with E-state index in [0.29, 0.717) is 22.3 Å². The van der Waals surface area contributed by atoms with Crippen LogP contribution in [0, 0.1) is 6.92 Å². The maximum Gasteiger partial charge on any atom is 0.415 e. The van der Waals surface area contributed by atoms with Crippen LogP contribution in [0.2, 0.25) is 10.0 Å². The molecule has 5 nitrogen and oxygen atoms in total. The first-order valence-electron chi connectivity index (χ1n) is 8.32. The number of pyridine rings is 1. The number of anilines is 1. The third-order valence-corrected chi connectivity index (χ3v) is 5.00. The summed E-state index contributed by atoms with van der Waals surface area (Å²) in [5.74, 6) is 0.686. The number of ether oxygens (including phenoxy) is 1. The summed E-state index contributed by atoms with van der Waals surface area (Å²) in [7, 11) is 1.67. The number of hydrogen-bond acceptors (Lipinski definition) is 3. The zero-order chi connectivity index (χ0) is 19.7. The molecular formula is C19H18BrCl2N3O2. The third-order valence-electron chi connectivity index (χ3n) is 4.13. The van der Waals surface area contributed by atoms with Gasteiger partial charge in [0, 0.05) is 27.8 Å². The number of rotatable bonds is 4. The second-order valence-electron chi connectivity index (χ2n) is 6.16. The summed E-state index contributed by atoms with van der Waals surface area (Å²) in [5, 5.41) is 0.995. The number of aryl methyl sites for hydroxylation is 2. The SMILES string of the molecule is CCc1nc2c(C)cc(Br)cn2c1N(C)C(=O)OCc1cc(Cl)cc(Cl)c1. The van der Waals surface area contributed by atoms with Gasteiger partial charge in [-0.2, -0.15) is 0 Å². The van der Waals surface area contributed by atoms with Gasteiger partial charge in [-0.1, -0.05) is 30.1 Å². The molecule has 1 amide bonds. The van der Waals surface area contributed by atoms with Gasteiger partial charge in [-0.25, -0.2) is 9.78 Å². The lowest BCUT2D eigenvalue weighted by Crippen LogP contribution is -2.29. The monoisotopic (exact) mass is 469 g/mol. The number of hydrogen-bond donors (Lipinski definition) is 0. The fourth-order valence-corrected chi connectivity index (χ4v) is 4.04. The highest BCUT2D eigenvalue weighted by molar-refractivity contribution is 9.10. The Morgan fingerprint density at radius 1 is 1.26 bits per heavy atom. The van der Waals surface area contributed by atoms with E-state index in [1.807, 2.05) is 30.5 Å². The lowest BCUT2D eigenvalue weighted by atomic mass is 10.2. The predicted molar refractivity (Wildman–Crippen MR) is 112 cm³/mol. The summed E-state index contributed by atoms with van der Waals surface area (Å²) >= 11 is 15.5. The fraction of sp³-hybridized carbons (Fsp3) is 0.263. The van der Waals surface area contributed by atoms with Gasteiger partial charge in [0.2, 0.25) is 0 Å². The van der Waals surface area contributed by atoms with Crippen LogP contribution in [0.1, 0.15) is 23.7 Å². The van der Waals surface area contributed by atoms with Gasteiger partial charge < -0.3 is 4.74 Å². The van der Waals surface area contributed by atoms with Gasteiger partial charge >= 0.3 is 6.09 Å². The van der Waals surface area contributed by atoms with Crippen molar-refractivity contribution in [2.75, 3.05) is 11.9 Å². The van der Waals surface area contributed by atoms with E-state index in [1.165, 1.54) is 4.90 Å². The Morgan fingerprint density at radius 2 is 1.93 bits per heavy atom. The molecular weight excluding hydrogens is 453 g/mol. The van der Waals surface area contributed by atoms with Gasteiger partial charge in [0.1, 0.15) is 18.1 Å². The van der Waals surface area contributed by atoms with Crippen LogP contribution in [0.3, 0.4) is 0 Å². The van der Waals surface area contributed by atoms with Gasteiger partial charge in [-0.3, -0.25) is 9.30 Å². The molecule has 0 bridgehead atoms. The Morgan fingerprint density at radius 3 is 2.56 bits per heavy atom. The van der Waals surface area contributed by atoms with Crippen LogP contribution in [0.15, 0.2) is 34.9 Å². The molecule has 0 unspecified atom stereocenters. The van der Waals surface area contributed by atoms with Crippen LogP contribution in [0.4, 0.5) is 10.6 Å². The molecule has 0 saturated carbocycles. The second kappa shape index (κ2) is 8.09. The van der Waals surface area contributed by atoms with Crippen molar-refractivity contribution in [3.8, 4) is 0 Å². The van der Waals surface area contributed by atoms with Gasteiger partial charge in [0.25, 0.3) is 0 Å². The Labute approximate surface area is 176 Å². The van der Waals surface area contributed by atoms with Gasteiger partial charge in [0.15, 0.2) is 0 Å². The van der Waals surface area contributed by atoms with E-state index in [-0.39, 0.29) is 6.61 Å². The van der Waals surface area contributed by atoms with E-state index in [4.69, 9.17) is 27.9 Å². The molecule has 0 saturated heterocycles. The summed E-state index contributed by atoms with van der Waals surface area (Å²) in [6.45, 7) is 4.06. The first-order valence-corrected chi connectivity index (χ1v) is 9.87. The van der Waals surface area contributed by atoms with E-state index < -0.39 is 6.09 Å². The van der Waals surface area contributed by atoms with Crippen molar-refractivity contribution in [1.82, 2.24) is 9.38 Å². The summed E-state index contributed by atoms with van der Waals surface area (Å²) < 4.78 is 8.25. The maximum atomic E-state index is 12.7. The molecule has 0 aliphatic heterocycles. The average molecular weight is 471 g/mol.